The van der Waals surface area contributed by atoms with Crippen molar-refractivity contribution in [2.75, 3.05) is 5.73 Å². The third kappa shape index (κ3) is 4.37. The maximum Gasteiger partial charge on any atom is 0.0316 e. The van der Waals surface area contributed by atoms with Crippen molar-refractivity contribution in [3.05, 3.63) is 29.8 Å². The van der Waals surface area contributed by atoms with E-state index in [9.17, 15) is 0 Å². The lowest BCUT2D eigenvalue weighted by atomic mass is 9.79. The van der Waals surface area contributed by atoms with Crippen LogP contribution in [0.4, 0.5) is 5.69 Å². The van der Waals surface area contributed by atoms with Crippen LogP contribution in [0.3, 0.4) is 0 Å². The average molecular weight is 205 g/mol. The minimum atomic E-state index is 0.363. The number of rotatable bonds is 4. The molecule has 15 heavy (non-hydrogen) atoms. The van der Waals surface area contributed by atoms with Gasteiger partial charge in [0.2, 0.25) is 0 Å². The molecule has 0 aliphatic carbocycles. The summed E-state index contributed by atoms with van der Waals surface area (Å²) in [5.41, 5.74) is 8.36. The monoisotopic (exact) mass is 205 g/mol. The van der Waals surface area contributed by atoms with Gasteiger partial charge in [0.05, 0.1) is 0 Å². The molecule has 0 aromatic heterocycles. The van der Waals surface area contributed by atoms with Crippen molar-refractivity contribution < 1.29 is 0 Å². The van der Waals surface area contributed by atoms with Gasteiger partial charge in [0.1, 0.15) is 0 Å². The molecule has 0 saturated heterocycles. The van der Waals surface area contributed by atoms with Gasteiger partial charge in [-0.05, 0) is 41.9 Å². The molecule has 1 aromatic carbocycles. The Labute approximate surface area is 93.7 Å². The Morgan fingerprint density at radius 1 is 1.27 bits per heavy atom. The number of nitrogen functional groups attached to an aromatic ring is 1. The van der Waals surface area contributed by atoms with Gasteiger partial charge in [-0.1, -0.05) is 39.8 Å². The highest BCUT2D eigenvalue weighted by Gasteiger charge is 2.19. The van der Waals surface area contributed by atoms with Crippen LogP contribution in [0.15, 0.2) is 24.3 Å². The van der Waals surface area contributed by atoms with Crippen LogP contribution in [-0.4, -0.2) is 0 Å². The molecule has 0 saturated carbocycles. The number of hydrogen-bond donors (Lipinski definition) is 1. The lowest BCUT2D eigenvalue weighted by molar-refractivity contribution is 0.285. The lowest BCUT2D eigenvalue weighted by Crippen LogP contribution is -2.17. The predicted octanol–water partition coefficient (Wildman–Crippen LogP) is 3.88. The van der Waals surface area contributed by atoms with E-state index in [1.165, 1.54) is 12.0 Å². The van der Waals surface area contributed by atoms with E-state index < -0.39 is 0 Å². The number of anilines is 1. The first kappa shape index (κ1) is 12.1. The van der Waals surface area contributed by atoms with E-state index in [1.54, 1.807) is 0 Å². The zero-order valence-corrected chi connectivity index (χ0v) is 10.4. The molecule has 0 fully saturated rings. The summed E-state index contributed by atoms with van der Waals surface area (Å²) in [6.07, 6.45) is 2.36. The molecule has 0 unspecified atom stereocenters. The Morgan fingerprint density at radius 2 is 1.93 bits per heavy atom. The predicted molar refractivity (Wildman–Crippen MR) is 67.8 cm³/mol. The molecule has 0 aliphatic rings. The summed E-state index contributed by atoms with van der Waals surface area (Å²) in [6, 6.07) is 8.23. The van der Waals surface area contributed by atoms with Crippen LogP contribution in [0.1, 0.15) is 39.7 Å². The van der Waals surface area contributed by atoms with E-state index in [0.29, 0.717) is 5.41 Å². The van der Waals surface area contributed by atoms with Gasteiger partial charge in [-0.3, -0.25) is 0 Å². The zero-order chi connectivity index (χ0) is 11.5. The Morgan fingerprint density at radius 3 is 2.47 bits per heavy atom. The van der Waals surface area contributed by atoms with Gasteiger partial charge in [0, 0.05) is 5.69 Å². The van der Waals surface area contributed by atoms with Crippen LogP contribution < -0.4 is 5.73 Å². The van der Waals surface area contributed by atoms with Gasteiger partial charge in [-0.2, -0.15) is 0 Å². The van der Waals surface area contributed by atoms with E-state index >= 15 is 0 Å². The largest absolute Gasteiger partial charge is 0.399 e. The van der Waals surface area contributed by atoms with E-state index in [-0.39, 0.29) is 0 Å². The van der Waals surface area contributed by atoms with E-state index in [1.807, 2.05) is 12.1 Å². The van der Waals surface area contributed by atoms with Gasteiger partial charge in [-0.25, -0.2) is 0 Å². The van der Waals surface area contributed by atoms with E-state index in [0.717, 1.165) is 18.0 Å². The summed E-state index contributed by atoms with van der Waals surface area (Å²) >= 11 is 0. The number of nitrogens with two attached hydrogens (primary N) is 1. The molecule has 0 aliphatic heterocycles. The van der Waals surface area contributed by atoms with Crippen molar-refractivity contribution in [3.8, 4) is 0 Å². The number of hydrogen-bond acceptors (Lipinski definition) is 1. The molecule has 0 radical (unpaired) electrons. The van der Waals surface area contributed by atoms with Gasteiger partial charge in [0.25, 0.3) is 0 Å². The summed E-state index contributed by atoms with van der Waals surface area (Å²) < 4.78 is 0. The summed E-state index contributed by atoms with van der Waals surface area (Å²) in [7, 11) is 0. The lowest BCUT2D eigenvalue weighted by Gasteiger charge is -2.26. The summed E-state index contributed by atoms with van der Waals surface area (Å²) in [6.45, 7) is 9.22. The molecule has 2 N–H and O–H groups in total. The molecule has 1 aromatic rings. The van der Waals surface area contributed by atoms with Crippen LogP contribution in [0.25, 0.3) is 0 Å². The van der Waals surface area contributed by atoms with Gasteiger partial charge < -0.3 is 5.73 Å². The third-order valence-electron chi connectivity index (χ3n) is 2.59. The van der Waals surface area contributed by atoms with Crippen LogP contribution in [0.5, 0.6) is 0 Å². The zero-order valence-electron chi connectivity index (χ0n) is 10.4. The first-order valence-electron chi connectivity index (χ1n) is 5.73. The highest BCUT2D eigenvalue weighted by Crippen LogP contribution is 2.29. The fourth-order valence-corrected chi connectivity index (χ4v) is 2.43. The molecule has 0 spiro atoms. The summed E-state index contributed by atoms with van der Waals surface area (Å²) in [5, 5.41) is 0. The first-order chi connectivity index (χ1) is 6.89. The molecule has 84 valence electrons. The number of benzene rings is 1. The molecule has 0 heterocycles. The molecular formula is C14H23N. The van der Waals surface area contributed by atoms with Crippen LogP contribution in [0.2, 0.25) is 0 Å². The molecular weight excluding hydrogens is 182 g/mol. The molecule has 0 amide bonds. The van der Waals surface area contributed by atoms with Crippen molar-refractivity contribution in [2.45, 2.75) is 40.5 Å². The Balaban J connectivity index is 2.68. The van der Waals surface area contributed by atoms with E-state index in [2.05, 4.69) is 39.8 Å². The van der Waals surface area contributed by atoms with Gasteiger partial charge in [-0.15, -0.1) is 0 Å². The highest BCUT2D eigenvalue weighted by molar-refractivity contribution is 5.40. The van der Waals surface area contributed by atoms with Crippen LogP contribution in [-0.2, 0) is 6.42 Å². The molecule has 1 nitrogen and oxygen atoms in total. The maximum absolute atomic E-state index is 5.78. The topological polar surface area (TPSA) is 26.0 Å². The Kier molecular flexibility index (Phi) is 3.78. The van der Waals surface area contributed by atoms with E-state index in [4.69, 9.17) is 5.73 Å². The molecule has 0 bridgehead atoms. The van der Waals surface area contributed by atoms with Crippen molar-refractivity contribution in [1.82, 2.24) is 0 Å². The Bertz CT molecular complexity index is 313. The third-order valence-corrected chi connectivity index (χ3v) is 2.59. The second kappa shape index (κ2) is 4.69. The minimum absolute atomic E-state index is 0.363. The van der Waals surface area contributed by atoms with Crippen molar-refractivity contribution in [2.24, 2.45) is 11.3 Å². The SMILES string of the molecule is CC(C)CC(C)(C)Cc1cccc(N)c1. The average Bonchev–Trinajstić information content (AvgIpc) is 1.99. The summed E-state index contributed by atoms with van der Waals surface area (Å²) in [5.74, 6) is 0.751. The quantitative estimate of drug-likeness (QED) is 0.742. The van der Waals surface area contributed by atoms with Crippen LogP contribution in [0, 0.1) is 11.3 Å². The first-order valence-corrected chi connectivity index (χ1v) is 5.73. The molecule has 1 rings (SSSR count). The van der Waals surface area contributed by atoms with Crippen molar-refractivity contribution in [3.63, 3.8) is 0 Å². The van der Waals surface area contributed by atoms with Crippen molar-refractivity contribution in [1.29, 1.82) is 0 Å². The van der Waals surface area contributed by atoms with Crippen molar-refractivity contribution >= 4 is 5.69 Å². The minimum Gasteiger partial charge on any atom is -0.399 e. The molecule has 0 atom stereocenters. The van der Waals surface area contributed by atoms with Crippen LogP contribution >= 0.6 is 0 Å². The van der Waals surface area contributed by atoms with Gasteiger partial charge in [0.15, 0.2) is 0 Å². The second-order valence-electron chi connectivity index (χ2n) is 5.68. The van der Waals surface area contributed by atoms with Gasteiger partial charge >= 0.3 is 0 Å². The normalized spacial score (nSPS) is 12.1. The second-order valence-corrected chi connectivity index (χ2v) is 5.68. The maximum atomic E-state index is 5.78. The highest BCUT2D eigenvalue weighted by atomic mass is 14.5. The fraction of sp³-hybridized carbons (Fsp3) is 0.571. The smallest absolute Gasteiger partial charge is 0.0316 e. The Hall–Kier alpha value is -0.980. The standard InChI is InChI=1S/C14H23N/c1-11(2)9-14(3,4)10-12-6-5-7-13(15)8-12/h5-8,11H,9-10,15H2,1-4H3. The molecule has 1 heteroatoms. The fourth-order valence-electron chi connectivity index (χ4n) is 2.43. The summed E-state index contributed by atoms with van der Waals surface area (Å²) in [4.78, 5) is 0.